The van der Waals surface area contributed by atoms with Crippen molar-refractivity contribution in [3.63, 3.8) is 0 Å². The van der Waals surface area contributed by atoms with Crippen LogP contribution in [0.3, 0.4) is 0 Å². The number of benzene rings is 2. The van der Waals surface area contributed by atoms with Gasteiger partial charge in [-0.1, -0.05) is 36.4 Å². The van der Waals surface area contributed by atoms with Gasteiger partial charge >= 0.3 is 0 Å². The van der Waals surface area contributed by atoms with Crippen LogP contribution in [-0.4, -0.2) is 23.5 Å². The standard InChI is InChI=1S/C20H19N3O4S/c21-13-15-4-7-17(8-5-15)18-2-1-3-19(12-18)28(26,27)23-11-10-16(14-23)6-9-20(24)22-25/h1-12,14,25H,13,21H2,(H,22,24)/b9-6+. The third kappa shape index (κ3) is 4.20. The van der Waals surface area contributed by atoms with Crippen LogP contribution in [-0.2, 0) is 21.4 Å². The van der Waals surface area contributed by atoms with E-state index in [2.05, 4.69) is 0 Å². The molecule has 1 aromatic heterocycles. The average molecular weight is 397 g/mol. The second kappa shape index (κ2) is 8.22. The highest BCUT2D eigenvalue weighted by Crippen LogP contribution is 2.24. The molecule has 0 aliphatic carbocycles. The maximum atomic E-state index is 12.9. The second-order valence-corrected chi connectivity index (χ2v) is 7.86. The number of aromatic nitrogens is 1. The van der Waals surface area contributed by atoms with Gasteiger partial charge in [-0.25, -0.2) is 17.9 Å². The van der Waals surface area contributed by atoms with E-state index >= 15 is 0 Å². The first-order valence-corrected chi connectivity index (χ1v) is 9.83. The summed E-state index contributed by atoms with van der Waals surface area (Å²) in [5.41, 5.74) is 10.2. The lowest BCUT2D eigenvalue weighted by Gasteiger charge is -2.08. The third-order valence-electron chi connectivity index (χ3n) is 4.16. The zero-order valence-corrected chi connectivity index (χ0v) is 15.6. The van der Waals surface area contributed by atoms with Gasteiger partial charge in [0, 0.05) is 25.0 Å². The Labute approximate surface area is 162 Å². The molecule has 0 bridgehead atoms. The van der Waals surface area contributed by atoms with Gasteiger partial charge in [0.2, 0.25) is 0 Å². The number of amides is 1. The molecule has 0 spiro atoms. The zero-order valence-electron chi connectivity index (χ0n) is 14.8. The fourth-order valence-electron chi connectivity index (χ4n) is 2.64. The monoisotopic (exact) mass is 397 g/mol. The van der Waals surface area contributed by atoms with Crippen molar-refractivity contribution in [2.45, 2.75) is 11.4 Å². The topological polar surface area (TPSA) is 114 Å². The smallest absolute Gasteiger partial charge is 0.267 e. The van der Waals surface area contributed by atoms with E-state index in [0.717, 1.165) is 26.7 Å². The summed E-state index contributed by atoms with van der Waals surface area (Å²) in [6.07, 6.45) is 5.28. The van der Waals surface area contributed by atoms with Crippen LogP contribution in [0.5, 0.6) is 0 Å². The van der Waals surface area contributed by atoms with Crippen LogP contribution in [0.4, 0.5) is 0 Å². The Morgan fingerprint density at radius 2 is 1.86 bits per heavy atom. The van der Waals surface area contributed by atoms with E-state index < -0.39 is 15.9 Å². The van der Waals surface area contributed by atoms with E-state index in [0.29, 0.717) is 12.1 Å². The van der Waals surface area contributed by atoms with Crippen LogP contribution in [0.2, 0.25) is 0 Å². The molecule has 3 rings (SSSR count). The van der Waals surface area contributed by atoms with Crippen LogP contribution >= 0.6 is 0 Å². The largest absolute Gasteiger partial charge is 0.326 e. The Morgan fingerprint density at radius 3 is 2.54 bits per heavy atom. The molecule has 0 unspecified atom stereocenters. The fraction of sp³-hybridized carbons (Fsp3) is 0.0500. The number of hydroxylamine groups is 1. The van der Waals surface area contributed by atoms with Crippen molar-refractivity contribution in [1.82, 2.24) is 9.45 Å². The molecule has 0 saturated carbocycles. The van der Waals surface area contributed by atoms with Crippen molar-refractivity contribution in [3.05, 3.63) is 84.2 Å². The summed E-state index contributed by atoms with van der Waals surface area (Å²) < 4.78 is 26.9. The van der Waals surface area contributed by atoms with E-state index in [1.165, 1.54) is 30.0 Å². The number of hydrogen-bond donors (Lipinski definition) is 3. The number of carbonyl (C=O) groups is 1. The van der Waals surface area contributed by atoms with E-state index in [-0.39, 0.29) is 4.90 Å². The number of hydrogen-bond acceptors (Lipinski definition) is 5. The van der Waals surface area contributed by atoms with Crippen LogP contribution in [0.25, 0.3) is 17.2 Å². The van der Waals surface area contributed by atoms with Gasteiger partial charge < -0.3 is 5.73 Å². The predicted molar refractivity (Wildman–Crippen MR) is 106 cm³/mol. The molecule has 3 aromatic rings. The highest BCUT2D eigenvalue weighted by atomic mass is 32.2. The first kappa shape index (κ1) is 19.6. The second-order valence-electron chi connectivity index (χ2n) is 6.02. The molecule has 144 valence electrons. The maximum Gasteiger partial charge on any atom is 0.267 e. The summed E-state index contributed by atoms with van der Waals surface area (Å²) in [5, 5.41) is 8.49. The van der Waals surface area contributed by atoms with Gasteiger partial charge in [-0.2, -0.15) is 0 Å². The summed E-state index contributed by atoms with van der Waals surface area (Å²) >= 11 is 0. The van der Waals surface area contributed by atoms with Crippen LogP contribution in [0.1, 0.15) is 11.1 Å². The molecular formula is C20H19N3O4S. The van der Waals surface area contributed by atoms with Crippen molar-refractivity contribution >= 4 is 22.0 Å². The van der Waals surface area contributed by atoms with Crippen molar-refractivity contribution < 1.29 is 18.4 Å². The normalized spacial score (nSPS) is 11.6. The highest BCUT2D eigenvalue weighted by Gasteiger charge is 2.17. The van der Waals surface area contributed by atoms with Crippen molar-refractivity contribution in [2.24, 2.45) is 5.73 Å². The molecule has 7 nitrogen and oxygen atoms in total. The van der Waals surface area contributed by atoms with Gasteiger partial charge in [-0.3, -0.25) is 10.0 Å². The highest BCUT2D eigenvalue weighted by molar-refractivity contribution is 7.90. The molecule has 4 N–H and O–H groups in total. The molecule has 0 fully saturated rings. The number of nitrogens with one attached hydrogen (secondary N) is 1. The quantitative estimate of drug-likeness (QED) is 0.336. The Bertz CT molecular complexity index is 1120. The van der Waals surface area contributed by atoms with Gasteiger partial charge in [0.25, 0.3) is 15.9 Å². The SMILES string of the molecule is NCc1ccc(-c2cccc(S(=O)(=O)n3ccc(/C=C/C(=O)NO)c3)c2)cc1. The first-order chi connectivity index (χ1) is 13.4. The fourth-order valence-corrected chi connectivity index (χ4v) is 3.89. The van der Waals surface area contributed by atoms with E-state index in [1.807, 2.05) is 30.3 Å². The summed E-state index contributed by atoms with van der Waals surface area (Å²) in [5.74, 6) is -0.705. The van der Waals surface area contributed by atoms with Crippen LogP contribution in [0.15, 0.2) is 78.0 Å². The number of nitrogens with two attached hydrogens (primary N) is 1. The first-order valence-electron chi connectivity index (χ1n) is 8.39. The van der Waals surface area contributed by atoms with Gasteiger partial charge in [-0.15, -0.1) is 0 Å². The van der Waals surface area contributed by atoms with Gasteiger partial charge in [0.1, 0.15) is 0 Å². The molecule has 0 aliphatic rings. The van der Waals surface area contributed by atoms with Gasteiger partial charge in [0.15, 0.2) is 0 Å². The zero-order chi connectivity index (χ0) is 20.1. The summed E-state index contributed by atoms with van der Waals surface area (Å²) in [6, 6.07) is 15.8. The molecule has 0 radical (unpaired) electrons. The lowest BCUT2D eigenvalue weighted by molar-refractivity contribution is -0.124. The summed E-state index contributed by atoms with van der Waals surface area (Å²) in [7, 11) is -3.79. The Balaban J connectivity index is 1.91. The Morgan fingerprint density at radius 1 is 1.11 bits per heavy atom. The lowest BCUT2D eigenvalue weighted by atomic mass is 10.0. The Hall–Kier alpha value is -3.20. The van der Waals surface area contributed by atoms with Gasteiger partial charge in [-0.05, 0) is 46.5 Å². The van der Waals surface area contributed by atoms with Crippen molar-refractivity contribution in [2.75, 3.05) is 0 Å². The van der Waals surface area contributed by atoms with Crippen LogP contribution < -0.4 is 11.2 Å². The summed E-state index contributed by atoms with van der Waals surface area (Å²) in [4.78, 5) is 11.2. The third-order valence-corrected chi connectivity index (χ3v) is 5.79. The molecular weight excluding hydrogens is 378 g/mol. The molecule has 0 saturated heterocycles. The molecule has 8 heteroatoms. The number of nitrogens with zero attached hydrogens (tertiary/aromatic N) is 1. The molecule has 0 atom stereocenters. The van der Waals surface area contributed by atoms with E-state index in [4.69, 9.17) is 10.9 Å². The maximum absolute atomic E-state index is 12.9. The lowest BCUT2D eigenvalue weighted by Crippen LogP contribution is -2.14. The molecule has 0 aliphatic heterocycles. The number of carbonyl (C=O) groups excluding carboxylic acids is 1. The van der Waals surface area contributed by atoms with Crippen molar-refractivity contribution in [1.29, 1.82) is 0 Å². The molecule has 1 heterocycles. The van der Waals surface area contributed by atoms with E-state index in [1.54, 1.807) is 18.2 Å². The minimum Gasteiger partial charge on any atom is -0.326 e. The van der Waals surface area contributed by atoms with Crippen LogP contribution in [0, 0.1) is 0 Å². The minimum atomic E-state index is -3.79. The van der Waals surface area contributed by atoms with E-state index in [9.17, 15) is 13.2 Å². The van der Waals surface area contributed by atoms with Gasteiger partial charge in [0.05, 0.1) is 4.90 Å². The summed E-state index contributed by atoms with van der Waals surface area (Å²) in [6.45, 7) is 0.444. The molecule has 2 aromatic carbocycles. The molecule has 1 amide bonds. The number of rotatable bonds is 6. The predicted octanol–water partition coefficient (Wildman–Crippen LogP) is 2.37. The molecule has 28 heavy (non-hydrogen) atoms. The minimum absolute atomic E-state index is 0.145. The Kier molecular flexibility index (Phi) is 5.74. The van der Waals surface area contributed by atoms with Crippen molar-refractivity contribution in [3.8, 4) is 11.1 Å². The average Bonchev–Trinajstić information content (AvgIpc) is 3.22.